The fourth-order valence-corrected chi connectivity index (χ4v) is 5.07. The summed E-state index contributed by atoms with van der Waals surface area (Å²) < 4.78 is 5.64. The monoisotopic (exact) mass is 478 g/mol. The maximum atomic E-state index is 12.8. The first kappa shape index (κ1) is 24.8. The molecule has 7 heteroatoms. The molecular formula is C28H34N2O5. The van der Waals surface area contributed by atoms with Crippen LogP contribution in [-0.2, 0) is 14.3 Å². The smallest absolute Gasteiger partial charge is 0.407 e. The van der Waals surface area contributed by atoms with E-state index >= 15 is 0 Å². The van der Waals surface area contributed by atoms with Gasteiger partial charge in [-0.1, -0.05) is 48.5 Å². The van der Waals surface area contributed by atoms with Gasteiger partial charge in [0.1, 0.15) is 6.61 Å². The number of hydrogen-bond acceptors (Lipinski definition) is 4. The molecule has 1 saturated carbocycles. The van der Waals surface area contributed by atoms with Crippen molar-refractivity contribution in [2.24, 2.45) is 11.8 Å². The third-order valence-corrected chi connectivity index (χ3v) is 7.13. The summed E-state index contributed by atoms with van der Waals surface area (Å²) in [6, 6.07) is 16.5. The van der Waals surface area contributed by atoms with Crippen molar-refractivity contribution in [2.45, 2.75) is 44.9 Å². The molecule has 2 N–H and O–H groups in total. The van der Waals surface area contributed by atoms with Crippen LogP contribution in [0.5, 0.6) is 0 Å². The van der Waals surface area contributed by atoms with Crippen LogP contribution >= 0.6 is 0 Å². The Morgan fingerprint density at radius 2 is 1.69 bits per heavy atom. The van der Waals surface area contributed by atoms with Crippen molar-refractivity contribution in [3.05, 3.63) is 59.7 Å². The molecule has 2 aliphatic rings. The van der Waals surface area contributed by atoms with E-state index in [2.05, 4.69) is 29.6 Å². The average molecular weight is 479 g/mol. The number of rotatable bonds is 12. The van der Waals surface area contributed by atoms with Gasteiger partial charge >= 0.3 is 12.1 Å². The number of fused-ring (bicyclic) bond motifs is 3. The van der Waals surface area contributed by atoms with E-state index in [-0.39, 0.29) is 30.8 Å². The summed E-state index contributed by atoms with van der Waals surface area (Å²) in [5.41, 5.74) is 4.72. The van der Waals surface area contributed by atoms with E-state index in [1.807, 2.05) is 31.2 Å². The first-order valence-corrected chi connectivity index (χ1v) is 12.6. The van der Waals surface area contributed by atoms with Crippen LogP contribution in [0.1, 0.15) is 56.1 Å². The minimum Gasteiger partial charge on any atom is -0.481 e. The number of amides is 2. The van der Waals surface area contributed by atoms with Gasteiger partial charge < -0.3 is 20.1 Å². The molecule has 186 valence electrons. The molecule has 0 heterocycles. The number of nitrogens with one attached hydrogen (secondary N) is 1. The Balaban J connectivity index is 1.28. The Morgan fingerprint density at radius 3 is 2.26 bits per heavy atom. The second kappa shape index (κ2) is 11.4. The number of hydrogen-bond donors (Lipinski definition) is 2. The molecule has 7 nitrogen and oxygen atoms in total. The van der Waals surface area contributed by atoms with E-state index in [4.69, 9.17) is 9.84 Å². The topological polar surface area (TPSA) is 95.9 Å². The van der Waals surface area contributed by atoms with Crippen LogP contribution in [0, 0.1) is 11.8 Å². The number of carbonyl (C=O) groups excluding carboxylic acids is 2. The average Bonchev–Trinajstić information content (AvgIpc) is 3.65. The maximum Gasteiger partial charge on any atom is 0.407 e. The molecule has 0 aromatic heterocycles. The summed E-state index contributed by atoms with van der Waals surface area (Å²) in [5.74, 6) is -0.319. The van der Waals surface area contributed by atoms with Gasteiger partial charge in [-0.15, -0.1) is 0 Å². The summed E-state index contributed by atoms with van der Waals surface area (Å²) in [7, 11) is 0. The van der Waals surface area contributed by atoms with Gasteiger partial charge in [0.2, 0.25) is 5.91 Å². The zero-order chi connectivity index (χ0) is 24.8. The molecule has 0 aliphatic heterocycles. The lowest BCUT2D eigenvalue weighted by Gasteiger charge is -2.24. The van der Waals surface area contributed by atoms with Gasteiger partial charge in [-0.2, -0.15) is 0 Å². The van der Waals surface area contributed by atoms with Crippen LogP contribution in [0.15, 0.2) is 48.5 Å². The number of carbonyl (C=O) groups is 3. The zero-order valence-electron chi connectivity index (χ0n) is 20.2. The second-order valence-electron chi connectivity index (χ2n) is 9.48. The van der Waals surface area contributed by atoms with Crippen molar-refractivity contribution >= 4 is 18.0 Å². The SMILES string of the molecule is CCN(CCCC(=O)O)C(=O)CC(CNC(=O)OCC1c2ccccc2-c2ccccc21)C1CC1. The molecule has 2 aromatic rings. The molecule has 2 aliphatic carbocycles. The highest BCUT2D eigenvalue weighted by atomic mass is 16.5. The first-order chi connectivity index (χ1) is 17.0. The molecule has 2 amide bonds. The first-order valence-electron chi connectivity index (χ1n) is 12.6. The minimum atomic E-state index is -0.850. The van der Waals surface area contributed by atoms with E-state index in [0.29, 0.717) is 38.4 Å². The lowest BCUT2D eigenvalue weighted by atomic mass is 9.98. The van der Waals surface area contributed by atoms with Crippen molar-refractivity contribution in [2.75, 3.05) is 26.2 Å². The van der Waals surface area contributed by atoms with Crippen molar-refractivity contribution in [1.82, 2.24) is 10.2 Å². The lowest BCUT2D eigenvalue weighted by molar-refractivity contribution is -0.138. The number of ether oxygens (including phenoxy) is 1. The molecule has 0 radical (unpaired) electrons. The molecule has 35 heavy (non-hydrogen) atoms. The van der Waals surface area contributed by atoms with Crippen molar-refractivity contribution in [1.29, 1.82) is 0 Å². The molecular weight excluding hydrogens is 444 g/mol. The highest BCUT2D eigenvalue weighted by Crippen LogP contribution is 2.44. The second-order valence-corrected chi connectivity index (χ2v) is 9.48. The Bertz CT molecular complexity index is 1020. The quantitative estimate of drug-likeness (QED) is 0.463. The van der Waals surface area contributed by atoms with E-state index in [0.717, 1.165) is 12.8 Å². The molecule has 1 atom stereocenters. The molecule has 0 bridgehead atoms. The summed E-state index contributed by atoms with van der Waals surface area (Å²) in [4.78, 5) is 37.9. The largest absolute Gasteiger partial charge is 0.481 e. The van der Waals surface area contributed by atoms with Gasteiger partial charge in [-0.25, -0.2) is 4.79 Å². The summed E-state index contributed by atoms with van der Waals surface area (Å²) in [5, 5.41) is 11.7. The molecule has 0 spiro atoms. The molecule has 4 rings (SSSR count). The number of nitrogens with zero attached hydrogens (tertiary/aromatic N) is 1. The van der Waals surface area contributed by atoms with Gasteiger partial charge in [0.25, 0.3) is 0 Å². The van der Waals surface area contributed by atoms with Crippen LogP contribution in [-0.4, -0.2) is 54.2 Å². The van der Waals surface area contributed by atoms with Gasteiger partial charge in [0, 0.05) is 38.4 Å². The van der Waals surface area contributed by atoms with Crippen LogP contribution in [0.25, 0.3) is 11.1 Å². The summed E-state index contributed by atoms with van der Waals surface area (Å²) in [6.07, 6.45) is 2.53. The van der Waals surface area contributed by atoms with Gasteiger partial charge in [0.15, 0.2) is 0 Å². The standard InChI is InChI=1S/C28H34N2O5/c1-2-30(15-7-12-27(32)33)26(31)16-20(19-13-14-19)17-29-28(34)35-18-25-23-10-5-3-8-21(23)22-9-4-6-11-24(22)25/h3-6,8-11,19-20,25H,2,7,12-18H2,1H3,(H,29,34)(H,32,33). The molecule has 1 fully saturated rings. The van der Waals surface area contributed by atoms with Gasteiger partial charge in [0.05, 0.1) is 0 Å². The van der Waals surface area contributed by atoms with Gasteiger partial charge in [-0.3, -0.25) is 9.59 Å². The molecule has 0 saturated heterocycles. The fourth-order valence-electron chi connectivity index (χ4n) is 5.07. The third kappa shape index (κ3) is 6.21. The van der Waals surface area contributed by atoms with Gasteiger partial charge in [-0.05, 0) is 60.3 Å². The number of carboxylic acids is 1. The Morgan fingerprint density at radius 1 is 1.06 bits per heavy atom. The summed E-state index contributed by atoms with van der Waals surface area (Å²) >= 11 is 0. The predicted octanol–water partition coefficient (Wildman–Crippen LogP) is 4.65. The minimum absolute atomic E-state index is 0.0119. The normalized spacial score (nSPS) is 15.1. The van der Waals surface area contributed by atoms with E-state index < -0.39 is 12.1 Å². The van der Waals surface area contributed by atoms with Crippen molar-refractivity contribution < 1.29 is 24.2 Å². The molecule has 1 unspecified atom stereocenters. The van der Waals surface area contributed by atoms with Crippen LogP contribution in [0.2, 0.25) is 0 Å². The van der Waals surface area contributed by atoms with Crippen molar-refractivity contribution in [3.8, 4) is 11.1 Å². The molecule has 2 aromatic carbocycles. The number of aliphatic carboxylic acids is 1. The third-order valence-electron chi connectivity index (χ3n) is 7.13. The lowest BCUT2D eigenvalue weighted by Crippen LogP contribution is -2.37. The predicted molar refractivity (Wildman–Crippen MR) is 133 cm³/mol. The van der Waals surface area contributed by atoms with Crippen molar-refractivity contribution in [3.63, 3.8) is 0 Å². The highest BCUT2D eigenvalue weighted by molar-refractivity contribution is 5.79. The highest BCUT2D eigenvalue weighted by Gasteiger charge is 2.34. The van der Waals surface area contributed by atoms with E-state index in [9.17, 15) is 14.4 Å². The number of carboxylic acid groups (broad SMARTS) is 1. The number of benzene rings is 2. The van der Waals surface area contributed by atoms with Crippen LogP contribution < -0.4 is 5.32 Å². The Hall–Kier alpha value is -3.35. The Labute approximate surface area is 206 Å². The number of alkyl carbamates (subject to hydrolysis) is 1. The van der Waals surface area contributed by atoms with Crippen LogP contribution in [0.4, 0.5) is 4.79 Å². The maximum absolute atomic E-state index is 12.8. The fraction of sp³-hybridized carbons (Fsp3) is 0.464. The van der Waals surface area contributed by atoms with E-state index in [1.54, 1.807) is 4.90 Å². The summed E-state index contributed by atoms with van der Waals surface area (Å²) in [6.45, 7) is 3.56. The Kier molecular flexibility index (Phi) is 8.06. The van der Waals surface area contributed by atoms with E-state index in [1.165, 1.54) is 22.3 Å². The van der Waals surface area contributed by atoms with Crippen LogP contribution in [0.3, 0.4) is 0 Å². The zero-order valence-corrected chi connectivity index (χ0v) is 20.2.